The number of hydrogen-bond acceptors (Lipinski definition) is 4. The normalized spacial score (nSPS) is 14.1. The SMILES string of the molecule is O=S(=O)(O)C(O)CO.[H-].[K+]. The Morgan fingerprint density at radius 2 is 1.89 bits per heavy atom. The molecule has 0 amide bonds. The van der Waals surface area contributed by atoms with E-state index in [2.05, 4.69) is 0 Å². The maximum absolute atomic E-state index is 9.71. The molecule has 52 valence electrons. The van der Waals surface area contributed by atoms with E-state index >= 15 is 0 Å². The van der Waals surface area contributed by atoms with Gasteiger partial charge in [-0.1, -0.05) is 0 Å². The smallest absolute Gasteiger partial charge is 1.00 e. The predicted molar refractivity (Wildman–Crippen MR) is 25.8 cm³/mol. The molecule has 3 N–H and O–H groups in total. The Morgan fingerprint density at radius 3 is 1.89 bits per heavy atom. The Balaban J connectivity index is -0.000000245. The van der Waals surface area contributed by atoms with E-state index in [-0.39, 0.29) is 52.8 Å². The number of aliphatic hydroxyl groups is 2. The van der Waals surface area contributed by atoms with Crippen LogP contribution < -0.4 is 51.4 Å². The molecule has 0 bridgehead atoms. The molecule has 1 atom stereocenters. The van der Waals surface area contributed by atoms with E-state index in [1.807, 2.05) is 0 Å². The number of hydrogen-bond donors (Lipinski definition) is 3. The third-order valence-corrected chi connectivity index (χ3v) is 1.34. The largest absolute Gasteiger partial charge is 1.00 e. The zero-order chi connectivity index (χ0) is 6.78. The number of rotatable bonds is 2. The maximum atomic E-state index is 9.71. The molecule has 1 unspecified atom stereocenters. The van der Waals surface area contributed by atoms with Crippen LogP contribution in [0.25, 0.3) is 0 Å². The topological polar surface area (TPSA) is 94.8 Å². The molecule has 0 radical (unpaired) electrons. The number of aliphatic hydroxyl groups excluding tert-OH is 2. The minimum atomic E-state index is -4.45. The van der Waals surface area contributed by atoms with Gasteiger partial charge in [0.2, 0.25) is 5.44 Å². The second-order valence-electron chi connectivity index (χ2n) is 1.15. The van der Waals surface area contributed by atoms with Crippen molar-refractivity contribution in [1.82, 2.24) is 0 Å². The van der Waals surface area contributed by atoms with Crippen LogP contribution in [0.1, 0.15) is 1.43 Å². The zero-order valence-electron chi connectivity index (χ0n) is 5.85. The summed E-state index contributed by atoms with van der Waals surface area (Å²) in [6.45, 7) is -0.987. The predicted octanol–water partition coefficient (Wildman–Crippen LogP) is -4.70. The van der Waals surface area contributed by atoms with Crippen molar-refractivity contribution >= 4 is 10.1 Å². The molecule has 0 spiro atoms. The Morgan fingerprint density at radius 1 is 1.56 bits per heavy atom. The van der Waals surface area contributed by atoms with Gasteiger partial charge in [-0.2, -0.15) is 8.42 Å². The average Bonchev–Trinajstić information content (AvgIpc) is 1.62. The molecule has 0 aliphatic carbocycles. The second-order valence-corrected chi connectivity index (χ2v) is 2.73. The van der Waals surface area contributed by atoms with Gasteiger partial charge in [-0.15, -0.1) is 0 Å². The van der Waals surface area contributed by atoms with Gasteiger partial charge in [-0.3, -0.25) is 4.55 Å². The molecule has 0 saturated heterocycles. The van der Waals surface area contributed by atoms with Crippen molar-refractivity contribution < 1.29 is 76.0 Å². The molecule has 0 aromatic rings. The van der Waals surface area contributed by atoms with Gasteiger partial charge in [-0.05, 0) is 0 Å². The van der Waals surface area contributed by atoms with Gasteiger partial charge in [0.25, 0.3) is 10.1 Å². The van der Waals surface area contributed by atoms with E-state index in [1.54, 1.807) is 0 Å². The summed E-state index contributed by atoms with van der Waals surface area (Å²) in [4.78, 5) is 0. The summed E-state index contributed by atoms with van der Waals surface area (Å²) in [6.07, 6.45) is 0. The molecule has 9 heavy (non-hydrogen) atoms. The molecule has 0 aliphatic rings. The fraction of sp³-hybridized carbons (Fsp3) is 1.00. The Hall–Kier alpha value is 1.47. The van der Waals surface area contributed by atoms with Crippen molar-refractivity contribution in [3.05, 3.63) is 0 Å². The quantitative estimate of drug-likeness (QED) is 0.295. The second kappa shape index (κ2) is 5.16. The van der Waals surface area contributed by atoms with Crippen LogP contribution in [0.3, 0.4) is 0 Å². The monoisotopic (exact) mass is 182 g/mol. The van der Waals surface area contributed by atoms with Gasteiger partial charge in [0.15, 0.2) is 0 Å². The third-order valence-electron chi connectivity index (χ3n) is 0.500. The van der Waals surface area contributed by atoms with Crippen molar-refractivity contribution in [2.45, 2.75) is 5.44 Å². The molecule has 0 aliphatic heterocycles. The summed E-state index contributed by atoms with van der Waals surface area (Å²) in [5, 5.41) is 16.0. The molecule has 5 nitrogen and oxygen atoms in total. The van der Waals surface area contributed by atoms with E-state index in [4.69, 9.17) is 14.8 Å². The van der Waals surface area contributed by atoms with Crippen LogP contribution in [0.5, 0.6) is 0 Å². The van der Waals surface area contributed by atoms with Gasteiger partial charge in [0.1, 0.15) is 0 Å². The van der Waals surface area contributed by atoms with Crippen molar-refractivity contribution in [3.63, 3.8) is 0 Å². The summed E-state index contributed by atoms with van der Waals surface area (Å²) < 4.78 is 27.3. The van der Waals surface area contributed by atoms with E-state index < -0.39 is 22.2 Å². The minimum Gasteiger partial charge on any atom is -1.00 e. The summed E-state index contributed by atoms with van der Waals surface area (Å²) in [6, 6.07) is 0. The van der Waals surface area contributed by atoms with Crippen LogP contribution in [-0.4, -0.2) is 35.2 Å². The van der Waals surface area contributed by atoms with Crippen molar-refractivity contribution in [3.8, 4) is 0 Å². The van der Waals surface area contributed by atoms with Gasteiger partial charge in [0.05, 0.1) is 6.61 Å². The summed E-state index contributed by atoms with van der Waals surface area (Å²) in [5.41, 5.74) is -2.07. The Labute approximate surface area is 96.7 Å². The molecule has 0 fully saturated rings. The van der Waals surface area contributed by atoms with E-state index in [0.29, 0.717) is 0 Å². The minimum absolute atomic E-state index is 0. The van der Waals surface area contributed by atoms with Crippen molar-refractivity contribution in [2.24, 2.45) is 0 Å². The standard InChI is InChI=1S/C2H6O5S.K.H/c3-1-2(4)8(5,6)7;;/h2-4H,1H2,(H,5,6,7);;/q;+1;-1. The fourth-order valence-electron chi connectivity index (χ4n) is 0.0942. The van der Waals surface area contributed by atoms with Gasteiger partial charge < -0.3 is 11.6 Å². The van der Waals surface area contributed by atoms with E-state index in [0.717, 1.165) is 0 Å². The average molecular weight is 182 g/mol. The molecule has 0 rings (SSSR count). The van der Waals surface area contributed by atoms with Crippen LogP contribution in [0.2, 0.25) is 0 Å². The summed E-state index contributed by atoms with van der Waals surface area (Å²) in [7, 11) is -4.45. The van der Waals surface area contributed by atoms with Crippen LogP contribution in [-0.2, 0) is 10.1 Å². The van der Waals surface area contributed by atoms with E-state index in [1.165, 1.54) is 0 Å². The molecule has 7 heteroatoms. The van der Waals surface area contributed by atoms with Crippen molar-refractivity contribution in [2.75, 3.05) is 6.61 Å². The molecule has 0 saturated carbocycles. The summed E-state index contributed by atoms with van der Waals surface area (Å²) in [5.74, 6) is 0. The molecule has 0 aromatic carbocycles. The van der Waals surface area contributed by atoms with Crippen LogP contribution >= 0.6 is 0 Å². The van der Waals surface area contributed by atoms with Crippen molar-refractivity contribution in [1.29, 1.82) is 0 Å². The summed E-state index contributed by atoms with van der Waals surface area (Å²) >= 11 is 0. The van der Waals surface area contributed by atoms with Crippen LogP contribution in [0.4, 0.5) is 0 Å². The molecule has 0 aromatic heterocycles. The first-order valence-corrected chi connectivity index (χ1v) is 3.24. The molecular formula is C2H7KO5S. The van der Waals surface area contributed by atoms with Gasteiger partial charge >= 0.3 is 51.4 Å². The van der Waals surface area contributed by atoms with Gasteiger partial charge in [-0.25, -0.2) is 0 Å². The molecular weight excluding hydrogens is 175 g/mol. The van der Waals surface area contributed by atoms with Gasteiger partial charge in [0, 0.05) is 0 Å². The Bertz CT molecular complexity index is 155. The first kappa shape index (κ1) is 13.1. The first-order chi connectivity index (χ1) is 3.48. The fourth-order valence-corrected chi connectivity index (χ4v) is 0.283. The van der Waals surface area contributed by atoms with E-state index in [9.17, 15) is 8.42 Å². The van der Waals surface area contributed by atoms with Crippen LogP contribution in [0.15, 0.2) is 0 Å². The maximum Gasteiger partial charge on any atom is 1.00 e. The first-order valence-electron chi connectivity index (χ1n) is 1.73. The third kappa shape index (κ3) is 5.89. The zero-order valence-corrected chi connectivity index (χ0v) is 8.79. The Kier molecular flexibility index (Phi) is 7.50. The molecule has 0 heterocycles. The van der Waals surface area contributed by atoms with Crippen LogP contribution in [0, 0.1) is 0 Å².